The summed E-state index contributed by atoms with van der Waals surface area (Å²) in [5.74, 6) is -1.77. The summed E-state index contributed by atoms with van der Waals surface area (Å²) in [4.78, 5) is 40.9. The first-order valence-corrected chi connectivity index (χ1v) is 13.4. The Hall–Kier alpha value is -4.60. The van der Waals surface area contributed by atoms with Gasteiger partial charge < -0.3 is 10.6 Å². The fourth-order valence-corrected chi connectivity index (χ4v) is 5.21. The lowest BCUT2D eigenvalue weighted by atomic mass is 9.94. The molecule has 1 atom stereocenters. The molecule has 3 aromatic carbocycles. The molecule has 4 aromatic rings. The first-order chi connectivity index (χ1) is 19.4. The van der Waals surface area contributed by atoms with Gasteiger partial charge in [0.25, 0.3) is 0 Å². The van der Waals surface area contributed by atoms with Crippen LogP contribution in [0.25, 0.3) is 11.0 Å². The normalized spacial score (nSPS) is 14.4. The number of halogens is 1. The van der Waals surface area contributed by atoms with Gasteiger partial charge in [0.2, 0.25) is 17.7 Å². The molecule has 9 nitrogen and oxygen atoms in total. The SMILES string of the molecule is CC(=O)Nc1ccc(N(C(=O)Cn2nnc3ccccc32)[C@H](C(=O)NC2CCCCC2)c2ccccc2F)cc1. The molecular formula is C30H31FN6O3. The van der Waals surface area contributed by atoms with Gasteiger partial charge in [-0.15, -0.1) is 5.10 Å². The number of para-hydroxylation sites is 1. The van der Waals surface area contributed by atoms with Gasteiger partial charge in [-0.1, -0.05) is 54.8 Å². The van der Waals surface area contributed by atoms with Crippen LogP contribution in [0.1, 0.15) is 50.6 Å². The second-order valence-electron chi connectivity index (χ2n) is 10.00. The Balaban J connectivity index is 1.57. The van der Waals surface area contributed by atoms with Crippen molar-refractivity contribution in [3.05, 3.63) is 84.2 Å². The number of anilines is 2. The van der Waals surface area contributed by atoms with E-state index in [9.17, 15) is 14.4 Å². The Morgan fingerprint density at radius 1 is 0.975 bits per heavy atom. The molecule has 1 heterocycles. The minimum absolute atomic E-state index is 0.0473. The van der Waals surface area contributed by atoms with Gasteiger partial charge in [-0.2, -0.15) is 0 Å². The van der Waals surface area contributed by atoms with Gasteiger partial charge in [0.15, 0.2) is 0 Å². The van der Waals surface area contributed by atoms with Crippen LogP contribution in [-0.4, -0.2) is 38.8 Å². The molecule has 0 aliphatic heterocycles. The van der Waals surface area contributed by atoms with E-state index in [0.717, 1.165) is 32.1 Å². The first-order valence-electron chi connectivity index (χ1n) is 13.4. The number of carbonyl (C=O) groups is 3. The summed E-state index contributed by atoms with van der Waals surface area (Å²) in [7, 11) is 0. The van der Waals surface area contributed by atoms with Gasteiger partial charge in [-0.25, -0.2) is 9.07 Å². The van der Waals surface area contributed by atoms with E-state index in [1.807, 2.05) is 12.1 Å². The van der Waals surface area contributed by atoms with Crippen molar-refractivity contribution in [3.63, 3.8) is 0 Å². The zero-order valence-electron chi connectivity index (χ0n) is 22.2. The maximum Gasteiger partial charge on any atom is 0.249 e. The molecule has 206 valence electrons. The number of carbonyl (C=O) groups excluding carboxylic acids is 3. The second kappa shape index (κ2) is 12.1. The van der Waals surface area contributed by atoms with Gasteiger partial charge >= 0.3 is 0 Å². The number of nitrogens with one attached hydrogen (secondary N) is 2. The average Bonchev–Trinajstić information content (AvgIpc) is 3.35. The van der Waals surface area contributed by atoms with Crippen molar-refractivity contribution in [1.29, 1.82) is 0 Å². The van der Waals surface area contributed by atoms with Crippen LogP contribution in [0.3, 0.4) is 0 Å². The Kier molecular flexibility index (Phi) is 8.14. The minimum atomic E-state index is -1.28. The van der Waals surface area contributed by atoms with E-state index in [1.165, 1.54) is 28.6 Å². The molecule has 5 rings (SSSR count). The lowest BCUT2D eigenvalue weighted by Gasteiger charge is -2.33. The summed E-state index contributed by atoms with van der Waals surface area (Å²) in [6, 6.07) is 18.5. The van der Waals surface area contributed by atoms with E-state index < -0.39 is 23.7 Å². The number of amides is 3. The van der Waals surface area contributed by atoms with E-state index in [4.69, 9.17) is 0 Å². The molecule has 3 amide bonds. The Morgan fingerprint density at radius 2 is 1.68 bits per heavy atom. The molecule has 1 aliphatic rings. The molecule has 10 heteroatoms. The van der Waals surface area contributed by atoms with Crippen LogP contribution in [0.4, 0.5) is 15.8 Å². The molecule has 0 spiro atoms. The van der Waals surface area contributed by atoms with Crippen molar-refractivity contribution in [2.45, 2.75) is 57.7 Å². The topological polar surface area (TPSA) is 109 Å². The van der Waals surface area contributed by atoms with Crippen molar-refractivity contribution in [3.8, 4) is 0 Å². The Morgan fingerprint density at radius 3 is 2.40 bits per heavy atom. The number of nitrogens with zero attached hydrogens (tertiary/aromatic N) is 4. The van der Waals surface area contributed by atoms with Crippen molar-refractivity contribution in [2.75, 3.05) is 10.2 Å². The molecule has 1 fully saturated rings. The number of rotatable bonds is 8. The molecule has 0 saturated heterocycles. The van der Waals surface area contributed by atoms with Gasteiger partial charge in [0, 0.05) is 29.9 Å². The Labute approximate surface area is 231 Å². The standard InChI is InChI=1S/C30H31FN6O3/c1-20(38)32-22-15-17-23(18-16-22)37(28(39)19-36-27-14-8-7-13-26(27)34-35-36)29(24-11-5-6-12-25(24)31)30(40)33-21-9-3-2-4-10-21/h5-8,11-18,21,29H,2-4,9-10,19H2,1H3,(H,32,38)(H,33,40)/t29-/m0/s1. The molecule has 0 unspecified atom stereocenters. The first kappa shape index (κ1) is 27.0. The second-order valence-corrected chi connectivity index (χ2v) is 10.00. The van der Waals surface area contributed by atoms with Crippen LogP contribution in [0.5, 0.6) is 0 Å². The Bertz CT molecular complexity index is 1510. The van der Waals surface area contributed by atoms with Gasteiger partial charge in [-0.05, 0) is 55.3 Å². The highest BCUT2D eigenvalue weighted by molar-refractivity contribution is 6.02. The maximum absolute atomic E-state index is 15.3. The van der Waals surface area contributed by atoms with E-state index in [-0.39, 0.29) is 24.1 Å². The maximum atomic E-state index is 15.3. The highest BCUT2D eigenvalue weighted by Crippen LogP contribution is 2.32. The number of fused-ring (bicyclic) bond motifs is 1. The number of benzene rings is 3. The third-order valence-electron chi connectivity index (χ3n) is 7.10. The molecule has 1 aliphatic carbocycles. The lowest BCUT2D eigenvalue weighted by Crippen LogP contribution is -2.48. The summed E-state index contributed by atoms with van der Waals surface area (Å²) in [6.45, 7) is 1.17. The molecule has 0 bridgehead atoms. The summed E-state index contributed by atoms with van der Waals surface area (Å²) >= 11 is 0. The zero-order chi connectivity index (χ0) is 28.1. The molecule has 40 heavy (non-hydrogen) atoms. The summed E-state index contributed by atoms with van der Waals surface area (Å²) in [6.07, 6.45) is 4.78. The molecule has 1 saturated carbocycles. The van der Waals surface area contributed by atoms with Crippen LogP contribution >= 0.6 is 0 Å². The van der Waals surface area contributed by atoms with E-state index >= 15 is 4.39 Å². The quantitative estimate of drug-likeness (QED) is 0.334. The lowest BCUT2D eigenvalue weighted by molar-refractivity contribution is -0.127. The predicted octanol–water partition coefficient (Wildman–Crippen LogP) is 4.75. The van der Waals surface area contributed by atoms with Crippen molar-refractivity contribution >= 4 is 40.1 Å². The van der Waals surface area contributed by atoms with Crippen LogP contribution < -0.4 is 15.5 Å². The van der Waals surface area contributed by atoms with Crippen molar-refractivity contribution in [1.82, 2.24) is 20.3 Å². The summed E-state index contributed by atoms with van der Waals surface area (Å²) in [5, 5.41) is 14.1. The minimum Gasteiger partial charge on any atom is -0.351 e. The highest BCUT2D eigenvalue weighted by Gasteiger charge is 2.36. The predicted molar refractivity (Wildman–Crippen MR) is 150 cm³/mol. The third kappa shape index (κ3) is 6.01. The average molecular weight is 543 g/mol. The molecule has 2 N–H and O–H groups in total. The van der Waals surface area contributed by atoms with Crippen LogP contribution in [-0.2, 0) is 20.9 Å². The van der Waals surface area contributed by atoms with Crippen molar-refractivity contribution in [2.24, 2.45) is 0 Å². The smallest absolute Gasteiger partial charge is 0.249 e. The van der Waals surface area contributed by atoms with Gasteiger partial charge in [-0.3, -0.25) is 19.3 Å². The highest BCUT2D eigenvalue weighted by atomic mass is 19.1. The van der Waals surface area contributed by atoms with E-state index in [1.54, 1.807) is 48.5 Å². The van der Waals surface area contributed by atoms with Gasteiger partial charge in [0.05, 0.1) is 5.52 Å². The van der Waals surface area contributed by atoms with Crippen LogP contribution in [0.2, 0.25) is 0 Å². The van der Waals surface area contributed by atoms with E-state index in [0.29, 0.717) is 22.4 Å². The largest absolute Gasteiger partial charge is 0.351 e. The molecule has 1 aromatic heterocycles. The van der Waals surface area contributed by atoms with Crippen molar-refractivity contribution < 1.29 is 18.8 Å². The monoisotopic (exact) mass is 542 g/mol. The number of hydrogen-bond acceptors (Lipinski definition) is 5. The third-order valence-corrected chi connectivity index (χ3v) is 7.10. The van der Waals surface area contributed by atoms with Crippen LogP contribution in [0, 0.1) is 5.82 Å². The number of aromatic nitrogens is 3. The van der Waals surface area contributed by atoms with Gasteiger partial charge in [0.1, 0.15) is 23.9 Å². The zero-order valence-corrected chi connectivity index (χ0v) is 22.2. The summed E-state index contributed by atoms with van der Waals surface area (Å²) < 4.78 is 16.8. The fourth-order valence-electron chi connectivity index (χ4n) is 5.21. The summed E-state index contributed by atoms with van der Waals surface area (Å²) in [5.41, 5.74) is 2.27. The van der Waals surface area contributed by atoms with E-state index in [2.05, 4.69) is 20.9 Å². The molecule has 0 radical (unpaired) electrons. The van der Waals surface area contributed by atoms with Crippen LogP contribution in [0.15, 0.2) is 72.8 Å². The molecular weight excluding hydrogens is 511 g/mol. The number of hydrogen-bond donors (Lipinski definition) is 2. The fraction of sp³-hybridized carbons (Fsp3) is 0.300.